The van der Waals surface area contributed by atoms with Gasteiger partial charge in [0, 0.05) is 23.6 Å². The fourth-order valence-electron chi connectivity index (χ4n) is 2.52. The molecule has 1 aromatic rings. The first-order valence-electron chi connectivity index (χ1n) is 6.29. The van der Waals surface area contributed by atoms with Crippen LogP contribution in [0.25, 0.3) is 0 Å². The number of hydrogen-bond acceptors (Lipinski definition) is 4. The fraction of sp³-hybridized carbons (Fsp3) is 0.571. The van der Waals surface area contributed by atoms with Crippen molar-refractivity contribution in [2.24, 2.45) is 5.73 Å². The zero-order chi connectivity index (χ0) is 13.3. The van der Waals surface area contributed by atoms with Crippen molar-refractivity contribution in [1.82, 2.24) is 0 Å². The zero-order valence-electron chi connectivity index (χ0n) is 11.2. The van der Waals surface area contributed by atoms with Crippen LogP contribution in [-0.2, 0) is 12.8 Å². The zero-order valence-corrected chi connectivity index (χ0v) is 11.2. The Morgan fingerprint density at radius 1 is 1.61 bits per heavy atom. The maximum absolute atomic E-state index is 9.25. The maximum Gasteiger partial charge on any atom is 0.126 e. The summed E-state index contributed by atoms with van der Waals surface area (Å²) in [5.74, 6) is 1.76. The molecule has 4 heteroatoms. The Labute approximate surface area is 108 Å². The largest absolute Gasteiger partial charge is 0.496 e. The molecule has 1 heterocycles. The molecule has 0 bridgehead atoms. The number of rotatable bonds is 4. The number of methoxy groups -OCH3 is 1. The summed E-state index contributed by atoms with van der Waals surface area (Å²) in [6.45, 7) is 4.01. The Balaban J connectivity index is 2.47. The highest BCUT2D eigenvalue weighted by Gasteiger charge is 2.28. The molecule has 0 saturated heterocycles. The molecule has 0 radical (unpaired) electrons. The van der Waals surface area contributed by atoms with E-state index >= 15 is 0 Å². The third kappa shape index (κ3) is 2.31. The summed E-state index contributed by atoms with van der Waals surface area (Å²) in [6.07, 6.45) is 1.34. The first-order chi connectivity index (χ1) is 8.56. The molecule has 18 heavy (non-hydrogen) atoms. The van der Waals surface area contributed by atoms with E-state index in [9.17, 15) is 5.11 Å². The van der Waals surface area contributed by atoms with Crippen molar-refractivity contribution in [2.75, 3.05) is 13.7 Å². The summed E-state index contributed by atoms with van der Waals surface area (Å²) in [5.41, 5.74) is 9.21. The van der Waals surface area contributed by atoms with E-state index in [1.54, 1.807) is 7.11 Å². The van der Waals surface area contributed by atoms with Gasteiger partial charge in [-0.25, -0.2) is 0 Å². The van der Waals surface area contributed by atoms with Crippen LogP contribution in [0.3, 0.4) is 0 Å². The monoisotopic (exact) mass is 251 g/mol. The standard InChI is InChI=1S/C14H21NO3/c1-8-4-13(17-3)11(5-9(2)15)12-6-10(7-16)18-14(8)12/h4,9-10,16H,5-7,15H2,1-3H3. The number of benzene rings is 1. The van der Waals surface area contributed by atoms with Gasteiger partial charge in [0.2, 0.25) is 0 Å². The highest BCUT2D eigenvalue weighted by Crippen LogP contribution is 2.40. The van der Waals surface area contributed by atoms with Crippen LogP contribution >= 0.6 is 0 Å². The summed E-state index contributed by atoms with van der Waals surface area (Å²) in [5, 5.41) is 9.25. The maximum atomic E-state index is 9.25. The van der Waals surface area contributed by atoms with E-state index in [2.05, 4.69) is 0 Å². The number of nitrogens with two attached hydrogens (primary N) is 1. The number of aliphatic hydroxyl groups is 1. The molecule has 1 aliphatic heterocycles. The first kappa shape index (κ1) is 13.2. The minimum Gasteiger partial charge on any atom is -0.496 e. The van der Waals surface area contributed by atoms with E-state index in [4.69, 9.17) is 15.2 Å². The van der Waals surface area contributed by atoms with Crippen molar-refractivity contribution in [2.45, 2.75) is 38.8 Å². The Hall–Kier alpha value is -1.26. The number of fused-ring (bicyclic) bond motifs is 1. The molecule has 0 amide bonds. The molecular weight excluding hydrogens is 230 g/mol. The van der Waals surface area contributed by atoms with Gasteiger partial charge in [0.15, 0.2) is 0 Å². The Kier molecular flexibility index (Phi) is 3.78. The molecule has 0 aliphatic carbocycles. The molecule has 100 valence electrons. The lowest BCUT2D eigenvalue weighted by molar-refractivity contribution is 0.134. The Morgan fingerprint density at radius 2 is 2.33 bits per heavy atom. The molecule has 2 atom stereocenters. The summed E-state index contributed by atoms with van der Waals surface area (Å²) in [4.78, 5) is 0. The van der Waals surface area contributed by atoms with Crippen molar-refractivity contribution >= 4 is 0 Å². The predicted octanol–water partition coefficient (Wildman–Crippen LogP) is 1.19. The average molecular weight is 251 g/mol. The van der Waals surface area contributed by atoms with Gasteiger partial charge in [0.1, 0.15) is 17.6 Å². The molecule has 2 rings (SSSR count). The van der Waals surface area contributed by atoms with E-state index in [-0.39, 0.29) is 18.8 Å². The van der Waals surface area contributed by atoms with Gasteiger partial charge in [0.25, 0.3) is 0 Å². The predicted molar refractivity (Wildman–Crippen MR) is 70.3 cm³/mol. The highest BCUT2D eigenvalue weighted by atomic mass is 16.5. The summed E-state index contributed by atoms with van der Waals surface area (Å²) >= 11 is 0. The third-order valence-electron chi connectivity index (χ3n) is 3.31. The molecule has 2 unspecified atom stereocenters. The van der Waals surface area contributed by atoms with Crippen LogP contribution in [0.15, 0.2) is 6.07 Å². The van der Waals surface area contributed by atoms with Gasteiger partial charge in [-0.05, 0) is 31.9 Å². The summed E-state index contributed by atoms with van der Waals surface area (Å²) in [7, 11) is 1.67. The number of aliphatic hydroxyl groups excluding tert-OH is 1. The first-order valence-corrected chi connectivity index (χ1v) is 6.29. The molecule has 1 aromatic carbocycles. The molecule has 0 saturated carbocycles. The van der Waals surface area contributed by atoms with Crippen LogP contribution in [0.5, 0.6) is 11.5 Å². The van der Waals surface area contributed by atoms with Crippen molar-refractivity contribution in [3.63, 3.8) is 0 Å². The minimum atomic E-state index is -0.141. The van der Waals surface area contributed by atoms with E-state index in [0.717, 1.165) is 41.0 Å². The van der Waals surface area contributed by atoms with Crippen LogP contribution in [0.1, 0.15) is 23.6 Å². The van der Waals surface area contributed by atoms with Crippen molar-refractivity contribution in [3.8, 4) is 11.5 Å². The van der Waals surface area contributed by atoms with Crippen molar-refractivity contribution < 1.29 is 14.6 Å². The molecular formula is C14H21NO3. The van der Waals surface area contributed by atoms with Gasteiger partial charge in [-0.1, -0.05) is 0 Å². The van der Waals surface area contributed by atoms with Gasteiger partial charge in [-0.15, -0.1) is 0 Å². The summed E-state index contributed by atoms with van der Waals surface area (Å²) in [6, 6.07) is 2.05. The van der Waals surface area contributed by atoms with E-state index < -0.39 is 0 Å². The molecule has 0 aromatic heterocycles. The summed E-state index contributed by atoms with van der Waals surface area (Å²) < 4.78 is 11.2. The number of hydrogen-bond donors (Lipinski definition) is 2. The van der Waals surface area contributed by atoms with Gasteiger partial charge < -0.3 is 20.3 Å². The second-order valence-corrected chi connectivity index (χ2v) is 4.99. The quantitative estimate of drug-likeness (QED) is 0.843. The number of aryl methyl sites for hydroxylation is 1. The molecule has 4 nitrogen and oxygen atoms in total. The van der Waals surface area contributed by atoms with Gasteiger partial charge in [0.05, 0.1) is 13.7 Å². The Morgan fingerprint density at radius 3 is 2.89 bits per heavy atom. The second kappa shape index (κ2) is 5.16. The fourth-order valence-corrected chi connectivity index (χ4v) is 2.52. The number of ether oxygens (including phenoxy) is 2. The average Bonchev–Trinajstić information content (AvgIpc) is 2.76. The van der Waals surface area contributed by atoms with Crippen LogP contribution < -0.4 is 15.2 Å². The van der Waals surface area contributed by atoms with Crippen LogP contribution in [0.2, 0.25) is 0 Å². The van der Waals surface area contributed by atoms with Gasteiger partial charge in [-0.3, -0.25) is 0 Å². The lowest BCUT2D eigenvalue weighted by Gasteiger charge is -2.16. The lowest BCUT2D eigenvalue weighted by Crippen LogP contribution is -2.20. The van der Waals surface area contributed by atoms with E-state index in [0.29, 0.717) is 0 Å². The van der Waals surface area contributed by atoms with Crippen LogP contribution in [-0.4, -0.2) is 31.0 Å². The SMILES string of the molecule is COc1cc(C)c2c(c1CC(C)N)CC(CO)O2. The van der Waals surface area contributed by atoms with Crippen LogP contribution in [0.4, 0.5) is 0 Å². The second-order valence-electron chi connectivity index (χ2n) is 4.99. The van der Waals surface area contributed by atoms with Gasteiger partial charge in [-0.2, -0.15) is 0 Å². The molecule has 0 spiro atoms. The smallest absolute Gasteiger partial charge is 0.126 e. The topological polar surface area (TPSA) is 64.7 Å². The Bertz CT molecular complexity index is 443. The highest BCUT2D eigenvalue weighted by molar-refractivity contribution is 5.55. The van der Waals surface area contributed by atoms with Crippen molar-refractivity contribution in [3.05, 3.63) is 22.8 Å². The van der Waals surface area contributed by atoms with Crippen molar-refractivity contribution in [1.29, 1.82) is 0 Å². The molecule has 1 aliphatic rings. The third-order valence-corrected chi connectivity index (χ3v) is 3.31. The van der Waals surface area contributed by atoms with E-state index in [1.165, 1.54) is 0 Å². The molecule has 0 fully saturated rings. The van der Waals surface area contributed by atoms with Gasteiger partial charge >= 0.3 is 0 Å². The molecule has 3 N–H and O–H groups in total. The van der Waals surface area contributed by atoms with Crippen LogP contribution in [0, 0.1) is 6.92 Å². The minimum absolute atomic E-state index is 0.0358. The normalized spacial score (nSPS) is 19.3. The van der Waals surface area contributed by atoms with E-state index in [1.807, 2.05) is 19.9 Å². The lowest BCUT2D eigenvalue weighted by atomic mass is 9.95.